The normalized spacial score (nSPS) is 15.1. The van der Waals surface area contributed by atoms with E-state index in [0.717, 1.165) is 0 Å². The van der Waals surface area contributed by atoms with Gasteiger partial charge in [0.15, 0.2) is 0 Å². The van der Waals surface area contributed by atoms with Crippen LogP contribution in [-0.2, 0) is 5.41 Å². The molecule has 0 N–H and O–H groups in total. The zero-order valence-electron chi connectivity index (χ0n) is 39.6. The van der Waals surface area contributed by atoms with Gasteiger partial charge in [0, 0.05) is 0 Å². The molecule has 0 saturated carbocycles. The van der Waals surface area contributed by atoms with E-state index < -0.39 is 36.3 Å². The quantitative estimate of drug-likeness (QED) is 0.0940. The predicted molar refractivity (Wildman–Crippen MR) is 310 cm³/mol. The standard InChI is InChI=1S/C71H40Ge2/c1-3-20-47-41(18-1)42-19-2-4-21-50(42)70-69(47)52-23-6-10-34-59(52)71(70)58-33-9-5-22-51(58)66-55(32-15-35-60(66)71)65-48-28-13-26-43(45-30-16-38-63-67(45)53-24-7-11-36-61(53)72-63)56(48)40-57-44(27-14-29-49(57)65)46-31-17-39-64-68(46)54-25-8-12-37-62(54)73-64/h1-40H. The summed E-state index contributed by atoms with van der Waals surface area (Å²) in [6, 6.07) is 93.8. The maximum absolute atomic E-state index is 2.57. The summed E-state index contributed by atoms with van der Waals surface area (Å²) in [6.45, 7) is 0. The summed E-state index contributed by atoms with van der Waals surface area (Å²) in [6.07, 6.45) is 0. The van der Waals surface area contributed by atoms with Crippen molar-refractivity contribution in [3.63, 3.8) is 0 Å². The van der Waals surface area contributed by atoms with E-state index in [1.54, 1.807) is 0 Å². The Labute approximate surface area is 436 Å². The van der Waals surface area contributed by atoms with Crippen LogP contribution < -0.4 is 17.6 Å². The first-order chi connectivity index (χ1) is 36.3. The molecule has 0 fully saturated rings. The summed E-state index contributed by atoms with van der Waals surface area (Å²) >= 11 is -0.888. The molecule has 1 atom stereocenters. The summed E-state index contributed by atoms with van der Waals surface area (Å²) in [4.78, 5) is 0. The van der Waals surface area contributed by atoms with Crippen molar-refractivity contribution in [2.45, 2.75) is 5.41 Å². The van der Waals surface area contributed by atoms with E-state index in [9.17, 15) is 0 Å². The topological polar surface area (TPSA) is 0 Å². The molecule has 1 unspecified atom stereocenters. The van der Waals surface area contributed by atoms with Gasteiger partial charge < -0.3 is 0 Å². The van der Waals surface area contributed by atoms with Crippen LogP contribution in [0.25, 0.3) is 121 Å². The fourth-order valence-corrected chi connectivity index (χ4v) is 20.1. The van der Waals surface area contributed by atoms with Crippen LogP contribution in [0.3, 0.4) is 0 Å². The predicted octanol–water partition coefficient (Wildman–Crippen LogP) is 14.9. The van der Waals surface area contributed by atoms with Gasteiger partial charge in [-0.3, -0.25) is 0 Å². The first-order valence-electron chi connectivity index (χ1n) is 25.5. The molecule has 0 bridgehead atoms. The Balaban J connectivity index is 1.02. The van der Waals surface area contributed by atoms with E-state index in [1.807, 2.05) is 0 Å². The molecule has 2 heteroatoms. The molecule has 2 aliphatic heterocycles. The number of hydrogen-bond acceptors (Lipinski definition) is 0. The van der Waals surface area contributed by atoms with Crippen LogP contribution in [0.1, 0.15) is 22.3 Å². The number of fused-ring (bicyclic) bond motifs is 23. The molecule has 13 aromatic carbocycles. The maximum atomic E-state index is 2.57. The van der Waals surface area contributed by atoms with Crippen molar-refractivity contribution < 1.29 is 0 Å². The average molecular weight is 1040 g/mol. The third-order valence-corrected chi connectivity index (χ3v) is 22.8. The van der Waals surface area contributed by atoms with Crippen molar-refractivity contribution in [1.29, 1.82) is 0 Å². The summed E-state index contributed by atoms with van der Waals surface area (Å²) in [5, 5.41) is 10.4. The third-order valence-electron chi connectivity index (χ3n) is 16.9. The molecule has 1 spiro atoms. The number of rotatable bonds is 3. The van der Waals surface area contributed by atoms with Crippen LogP contribution in [0.15, 0.2) is 243 Å². The van der Waals surface area contributed by atoms with E-state index in [2.05, 4.69) is 243 Å². The van der Waals surface area contributed by atoms with Gasteiger partial charge in [-0.2, -0.15) is 0 Å². The van der Waals surface area contributed by atoms with Gasteiger partial charge in [0.2, 0.25) is 0 Å². The second-order valence-corrected chi connectivity index (χ2v) is 25.8. The Bertz CT molecular complexity index is 4480. The molecule has 0 aromatic heterocycles. The van der Waals surface area contributed by atoms with Crippen LogP contribution in [0.5, 0.6) is 0 Å². The molecule has 332 valence electrons. The van der Waals surface area contributed by atoms with Crippen molar-refractivity contribution in [3.05, 3.63) is 265 Å². The van der Waals surface area contributed by atoms with Crippen molar-refractivity contribution >= 4 is 91.5 Å². The molecule has 2 heterocycles. The van der Waals surface area contributed by atoms with Gasteiger partial charge in [-0.25, -0.2) is 0 Å². The van der Waals surface area contributed by atoms with E-state index >= 15 is 0 Å². The Kier molecular flexibility index (Phi) is 8.35. The van der Waals surface area contributed by atoms with Crippen LogP contribution in [0.2, 0.25) is 0 Å². The second-order valence-electron chi connectivity index (χ2n) is 20.3. The van der Waals surface area contributed by atoms with Crippen LogP contribution in [-0.4, -0.2) is 30.9 Å². The minimum atomic E-state index is -0.544. The first-order valence-corrected chi connectivity index (χ1v) is 29.7. The Morgan fingerprint density at radius 3 is 1.18 bits per heavy atom. The van der Waals surface area contributed by atoms with Crippen LogP contribution in [0.4, 0.5) is 0 Å². The van der Waals surface area contributed by atoms with Gasteiger partial charge in [-0.1, -0.05) is 78.9 Å². The molecule has 73 heavy (non-hydrogen) atoms. The molecule has 0 nitrogen and oxygen atoms in total. The van der Waals surface area contributed by atoms with Crippen molar-refractivity contribution in [1.82, 2.24) is 0 Å². The van der Waals surface area contributed by atoms with Gasteiger partial charge in [0.25, 0.3) is 0 Å². The van der Waals surface area contributed by atoms with Crippen LogP contribution >= 0.6 is 0 Å². The van der Waals surface area contributed by atoms with E-state index in [1.165, 1.54) is 161 Å². The minimum absolute atomic E-state index is 0.444. The monoisotopic (exact) mass is 1040 g/mol. The van der Waals surface area contributed by atoms with Crippen molar-refractivity contribution in [3.8, 4) is 77.9 Å². The van der Waals surface area contributed by atoms with Crippen molar-refractivity contribution in [2.24, 2.45) is 0 Å². The summed E-state index contributed by atoms with van der Waals surface area (Å²) in [7, 11) is 0. The van der Waals surface area contributed by atoms with Gasteiger partial charge in [0.1, 0.15) is 0 Å². The molecule has 4 aliphatic rings. The molecule has 0 amide bonds. The van der Waals surface area contributed by atoms with Crippen molar-refractivity contribution in [2.75, 3.05) is 0 Å². The van der Waals surface area contributed by atoms with E-state index in [-0.39, 0.29) is 0 Å². The molecule has 2 aliphatic carbocycles. The molecular weight excluding hydrogens is 998 g/mol. The van der Waals surface area contributed by atoms with E-state index in [0.29, 0.717) is 0 Å². The van der Waals surface area contributed by atoms with Crippen LogP contribution in [0, 0.1) is 0 Å². The number of benzene rings is 13. The zero-order valence-corrected chi connectivity index (χ0v) is 43.8. The fourth-order valence-electron chi connectivity index (χ4n) is 14.2. The average Bonchev–Trinajstić information content (AvgIpc) is 4.28. The Morgan fingerprint density at radius 1 is 0.205 bits per heavy atom. The SMILES string of the molecule is c1ccc2[c](c1)[Ge][c]1cccc(-c3cccc4c(-c5cccc6c5-c5ccccc5C65c6ccccc6-c6c5c5ccccc5c5ccccc65)c5cccc(-c6ccc[c]7c6-c6cccc[c]6[Ge]7)c5cc34)c1-2. The van der Waals surface area contributed by atoms with Gasteiger partial charge in [-0.15, -0.1) is 0 Å². The number of hydrogen-bond donors (Lipinski definition) is 0. The molecule has 17 rings (SSSR count). The summed E-state index contributed by atoms with van der Waals surface area (Å²) in [5.74, 6) is 0. The molecular formula is C71H40Ge2. The summed E-state index contributed by atoms with van der Waals surface area (Å²) in [5.41, 5.74) is 23.8. The van der Waals surface area contributed by atoms with Gasteiger partial charge >= 0.3 is 328 Å². The first kappa shape index (κ1) is 40.6. The molecule has 4 radical (unpaired) electrons. The molecule has 13 aromatic rings. The van der Waals surface area contributed by atoms with E-state index in [4.69, 9.17) is 0 Å². The zero-order chi connectivity index (χ0) is 47.5. The third kappa shape index (κ3) is 5.27. The second kappa shape index (κ2) is 15.0. The summed E-state index contributed by atoms with van der Waals surface area (Å²) < 4.78 is 6.12. The van der Waals surface area contributed by atoms with Gasteiger partial charge in [-0.05, 0) is 32.7 Å². The Hall–Kier alpha value is -8.01. The Morgan fingerprint density at radius 2 is 0.575 bits per heavy atom. The van der Waals surface area contributed by atoms with Gasteiger partial charge in [0.05, 0.1) is 0 Å². The molecule has 0 saturated heterocycles. The fraction of sp³-hybridized carbons (Fsp3) is 0.0141.